The standard InChI is InChI=1S/C17H26O/c1-14-10-12-16(13-11-14)17(18)9-5-8-15-6-3-2-4-7-15/h2-4,6-7,14,16-18H,5,8-13H2,1H3. The molecule has 2 rings (SSSR count). The van der Waals surface area contributed by atoms with Crippen LogP contribution in [0.1, 0.15) is 51.0 Å². The van der Waals surface area contributed by atoms with Gasteiger partial charge >= 0.3 is 0 Å². The summed E-state index contributed by atoms with van der Waals surface area (Å²) in [6, 6.07) is 10.6. The van der Waals surface area contributed by atoms with Gasteiger partial charge in [0.1, 0.15) is 0 Å². The molecule has 1 atom stereocenters. The summed E-state index contributed by atoms with van der Waals surface area (Å²) in [5.41, 5.74) is 1.39. The average Bonchev–Trinajstić information content (AvgIpc) is 2.40. The van der Waals surface area contributed by atoms with Crippen molar-refractivity contribution in [1.29, 1.82) is 0 Å². The summed E-state index contributed by atoms with van der Waals surface area (Å²) in [7, 11) is 0. The average molecular weight is 246 g/mol. The van der Waals surface area contributed by atoms with Gasteiger partial charge in [0.05, 0.1) is 6.10 Å². The second-order valence-corrected chi connectivity index (χ2v) is 5.97. The van der Waals surface area contributed by atoms with Gasteiger partial charge in [0.2, 0.25) is 0 Å². The lowest BCUT2D eigenvalue weighted by atomic mass is 9.79. The van der Waals surface area contributed by atoms with Crippen LogP contribution in [0.25, 0.3) is 0 Å². The predicted octanol–water partition coefficient (Wildman–Crippen LogP) is 4.20. The zero-order valence-electron chi connectivity index (χ0n) is 11.5. The summed E-state index contributed by atoms with van der Waals surface area (Å²) >= 11 is 0. The van der Waals surface area contributed by atoms with Gasteiger partial charge in [-0.2, -0.15) is 0 Å². The Morgan fingerprint density at radius 3 is 2.44 bits per heavy atom. The Kier molecular flexibility index (Phi) is 5.25. The van der Waals surface area contributed by atoms with Crippen LogP contribution in [-0.4, -0.2) is 11.2 Å². The number of hydrogen-bond acceptors (Lipinski definition) is 1. The highest BCUT2D eigenvalue weighted by Gasteiger charge is 2.23. The third-order valence-corrected chi connectivity index (χ3v) is 4.41. The molecular weight excluding hydrogens is 220 g/mol. The summed E-state index contributed by atoms with van der Waals surface area (Å²) in [6.07, 6.45) is 8.18. The van der Waals surface area contributed by atoms with E-state index in [0.29, 0.717) is 5.92 Å². The Hall–Kier alpha value is -0.820. The van der Waals surface area contributed by atoms with Crippen LogP contribution in [0.2, 0.25) is 0 Å². The summed E-state index contributed by atoms with van der Waals surface area (Å²) in [5.74, 6) is 1.44. The second-order valence-electron chi connectivity index (χ2n) is 5.97. The Balaban J connectivity index is 1.67. The van der Waals surface area contributed by atoms with E-state index >= 15 is 0 Å². The molecule has 1 aliphatic rings. The molecule has 0 aromatic heterocycles. The van der Waals surface area contributed by atoms with Gasteiger partial charge in [-0.15, -0.1) is 0 Å². The molecule has 1 N–H and O–H groups in total. The number of aliphatic hydroxyl groups excluding tert-OH is 1. The normalized spacial score (nSPS) is 25.9. The molecule has 0 radical (unpaired) electrons. The lowest BCUT2D eigenvalue weighted by Crippen LogP contribution is -2.25. The number of aryl methyl sites for hydroxylation is 1. The van der Waals surface area contributed by atoms with Crippen LogP contribution in [0.5, 0.6) is 0 Å². The first-order valence-electron chi connectivity index (χ1n) is 7.47. The molecule has 1 nitrogen and oxygen atoms in total. The van der Waals surface area contributed by atoms with Gasteiger partial charge in [-0.05, 0) is 49.5 Å². The van der Waals surface area contributed by atoms with E-state index in [2.05, 4.69) is 37.3 Å². The Morgan fingerprint density at radius 2 is 1.78 bits per heavy atom. The van der Waals surface area contributed by atoms with E-state index in [-0.39, 0.29) is 6.10 Å². The van der Waals surface area contributed by atoms with Crippen molar-refractivity contribution in [1.82, 2.24) is 0 Å². The van der Waals surface area contributed by atoms with Crippen LogP contribution in [-0.2, 0) is 6.42 Å². The van der Waals surface area contributed by atoms with Gasteiger partial charge in [0.15, 0.2) is 0 Å². The highest BCUT2D eigenvalue weighted by Crippen LogP contribution is 2.31. The lowest BCUT2D eigenvalue weighted by molar-refractivity contribution is 0.0672. The monoisotopic (exact) mass is 246 g/mol. The Morgan fingerprint density at radius 1 is 1.11 bits per heavy atom. The molecule has 1 saturated carbocycles. The largest absolute Gasteiger partial charge is 0.393 e. The fourth-order valence-electron chi connectivity index (χ4n) is 3.07. The third-order valence-electron chi connectivity index (χ3n) is 4.41. The van der Waals surface area contributed by atoms with Crippen molar-refractivity contribution in [2.24, 2.45) is 11.8 Å². The fourth-order valence-corrected chi connectivity index (χ4v) is 3.07. The molecule has 0 spiro atoms. The van der Waals surface area contributed by atoms with E-state index in [4.69, 9.17) is 0 Å². The van der Waals surface area contributed by atoms with Crippen molar-refractivity contribution < 1.29 is 5.11 Å². The molecule has 1 aliphatic carbocycles. The SMILES string of the molecule is CC1CCC(C(O)CCCc2ccccc2)CC1. The van der Waals surface area contributed by atoms with E-state index in [1.54, 1.807) is 0 Å². The summed E-state index contributed by atoms with van der Waals surface area (Å²) < 4.78 is 0. The maximum absolute atomic E-state index is 10.2. The first-order valence-corrected chi connectivity index (χ1v) is 7.47. The van der Waals surface area contributed by atoms with E-state index in [1.807, 2.05) is 0 Å². The number of aliphatic hydroxyl groups is 1. The van der Waals surface area contributed by atoms with Gasteiger partial charge in [-0.1, -0.05) is 50.1 Å². The van der Waals surface area contributed by atoms with E-state index in [0.717, 1.165) is 25.2 Å². The highest BCUT2D eigenvalue weighted by atomic mass is 16.3. The molecule has 0 bridgehead atoms. The fraction of sp³-hybridized carbons (Fsp3) is 0.647. The molecule has 100 valence electrons. The quantitative estimate of drug-likeness (QED) is 0.825. The topological polar surface area (TPSA) is 20.2 Å². The van der Waals surface area contributed by atoms with Crippen LogP contribution >= 0.6 is 0 Å². The minimum absolute atomic E-state index is 0.0683. The summed E-state index contributed by atoms with van der Waals surface area (Å²) in [6.45, 7) is 2.33. The summed E-state index contributed by atoms with van der Waals surface area (Å²) in [5, 5.41) is 10.2. The zero-order valence-corrected chi connectivity index (χ0v) is 11.5. The van der Waals surface area contributed by atoms with E-state index in [1.165, 1.54) is 31.2 Å². The minimum Gasteiger partial charge on any atom is -0.393 e. The molecule has 0 amide bonds. The molecular formula is C17H26O. The Labute approximate surface area is 111 Å². The third kappa shape index (κ3) is 4.13. The predicted molar refractivity (Wildman–Crippen MR) is 76.5 cm³/mol. The lowest BCUT2D eigenvalue weighted by Gasteiger charge is -2.29. The van der Waals surface area contributed by atoms with Crippen LogP contribution in [0, 0.1) is 11.8 Å². The van der Waals surface area contributed by atoms with Gasteiger partial charge in [0, 0.05) is 0 Å². The van der Waals surface area contributed by atoms with Crippen LogP contribution in [0.4, 0.5) is 0 Å². The van der Waals surface area contributed by atoms with Gasteiger partial charge in [-0.25, -0.2) is 0 Å². The smallest absolute Gasteiger partial charge is 0.0568 e. The van der Waals surface area contributed by atoms with Crippen LogP contribution < -0.4 is 0 Å². The maximum Gasteiger partial charge on any atom is 0.0568 e. The molecule has 0 heterocycles. The molecule has 18 heavy (non-hydrogen) atoms. The van der Waals surface area contributed by atoms with Gasteiger partial charge in [-0.3, -0.25) is 0 Å². The maximum atomic E-state index is 10.2. The van der Waals surface area contributed by atoms with Crippen molar-refractivity contribution in [3.05, 3.63) is 35.9 Å². The van der Waals surface area contributed by atoms with Crippen LogP contribution in [0.3, 0.4) is 0 Å². The molecule has 1 heteroatoms. The molecule has 1 fully saturated rings. The first-order chi connectivity index (χ1) is 8.75. The molecule has 1 aromatic carbocycles. The van der Waals surface area contributed by atoms with E-state index in [9.17, 15) is 5.11 Å². The second kappa shape index (κ2) is 6.94. The molecule has 0 aliphatic heterocycles. The van der Waals surface area contributed by atoms with Gasteiger partial charge in [0.25, 0.3) is 0 Å². The van der Waals surface area contributed by atoms with Crippen molar-refractivity contribution in [3.8, 4) is 0 Å². The van der Waals surface area contributed by atoms with Crippen molar-refractivity contribution in [2.45, 2.75) is 58.0 Å². The summed E-state index contributed by atoms with van der Waals surface area (Å²) in [4.78, 5) is 0. The highest BCUT2D eigenvalue weighted by molar-refractivity contribution is 5.14. The van der Waals surface area contributed by atoms with Crippen molar-refractivity contribution in [3.63, 3.8) is 0 Å². The first kappa shape index (κ1) is 13.6. The zero-order chi connectivity index (χ0) is 12.8. The van der Waals surface area contributed by atoms with Crippen LogP contribution in [0.15, 0.2) is 30.3 Å². The van der Waals surface area contributed by atoms with Crippen molar-refractivity contribution >= 4 is 0 Å². The molecule has 1 unspecified atom stereocenters. The molecule has 1 aromatic rings. The Bertz CT molecular complexity index is 325. The van der Waals surface area contributed by atoms with Gasteiger partial charge < -0.3 is 5.11 Å². The number of hydrogen-bond donors (Lipinski definition) is 1. The number of rotatable bonds is 5. The van der Waals surface area contributed by atoms with Crippen molar-refractivity contribution in [2.75, 3.05) is 0 Å². The number of benzene rings is 1. The van der Waals surface area contributed by atoms with E-state index < -0.39 is 0 Å². The minimum atomic E-state index is -0.0683. The molecule has 0 saturated heterocycles.